The highest BCUT2D eigenvalue weighted by Gasteiger charge is 2.29. The lowest BCUT2D eigenvalue weighted by molar-refractivity contribution is -0.127. The molecule has 18 heavy (non-hydrogen) atoms. The molecule has 1 N–H and O–H groups in total. The number of nitrogens with zero attached hydrogens (tertiary/aromatic N) is 2. The Kier molecular flexibility index (Phi) is 2.99. The van der Waals surface area contributed by atoms with Crippen LogP contribution in [-0.4, -0.2) is 35.4 Å². The first-order chi connectivity index (χ1) is 8.63. The zero-order valence-electron chi connectivity index (χ0n) is 9.81. The summed E-state index contributed by atoms with van der Waals surface area (Å²) in [5.74, 6) is 0.149. The molecular formula is C12H12BrN3OS. The van der Waals surface area contributed by atoms with Gasteiger partial charge in [0.25, 0.3) is 0 Å². The van der Waals surface area contributed by atoms with Crippen LogP contribution in [0, 0.1) is 0 Å². The van der Waals surface area contributed by atoms with Gasteiger partial charge in [0, 0.05) is 18.1 Å². The van der Waals surface area contributed by atoms with Crippen LogP contribution in [0.15, 0.2) is 22.7 Å². The largest absolute Gasteiger partial charge is 0.350 e. The third-order valence-electron chi connectivity index (χ3n) is 3.07. The fraction of sp³-hybridized carbons (Fsp3) is 0.333. The van der Waals surface area contributed by atoms with Gasteiger partial charge >= 0.3 is 0 Å². The predicted molar refractivity (Wildman–Crippen MR) is 77.0 cm³/mol. The number of fused-ring (bicyclic) bond motifs is 1. The number of benzene rings is 1. The lowest BCUT2D eigenvalue weighted by atomic mass is 10.2. The monoisotopic (exact) mass is 325 g/mol. The van der Waals surface area contributed by atoms with Gasteiger partial charge in [-0.15, -0.1) is 0 Å². The van der Waals surface area contributed by atoms with E-state index < -0.39 is 0 Å². The van der Waals surface area contributed by atoms with Crippen molar-refractivity contribution >= 4 is 48.5 Å². The molecule has 4 nitrogen and oxygen atoms in total. The maximum atomic E-state index is 11.8. The first kappa shape index (κ1) is 11.9. The van der Waals surface area contributed by atoms with Crippen molar-refractivity contribution < 1.29 is 4.79 Å². The number of nitrogens with one attached hydrogen (secondary N) is 1. The summed E-state index contributed by atoms with van der Waals surface area (Å²) in [5.41, 5.74) is 0.954. The van der Waals surface area contributed by atoms with Crippen LogP contribution >= 0.6 is 27.3 Å². The quantitative estimate of drug-likeness (QED) is 0.923. The summed E-state index contributed by atoms with van der Waals surface area (Å²) in [7, 11) is 1.83. The Balaban J connectivity index is 1.85. The molecule has 0 saturated carbocycles. The third kappa shape index (κ3) is 2.10. The van der Waals surface area contributed by atoms with Crippen LogP contribution in [-0.2, 0) is 4.79 Å². The van der Waals surface area contributed by atoms with Crippen LogP contribution in [0.3, 0.4) is 0 Å². The van der Waals surface area contributed by atoms with Crippen molar-refractivity contribution in [2.75, 3.05) is 18.9 Å². The molecule has 1 amide bonds. The van der Waals surface area contributed by atoms with Crippen molar-refractivity contribution in [1.82, 2.24) is 9.88 Å². The molecule has 2 heterocycles. The Labute approximate surface area is 117 Å². The molecule has 94 valence electrons. The van der Waals surface area contributed by atoms with Gasteiger partial charge in [0.15, 0.2) is 5.13 Å². The van der Waals surface area contributed by atoms with Crippen LogP contribution in [0.1, 0.15) is 6.42 Å². The SMILES string of the molecule is CN1CCC(Nc2nc3cc(Br)ccc3s2)C1=O. The smallest absolute Gasteiger partial charge is 0.244 e. The normalized spacial score (nSPS) is 19.8. The van der Waals surface area contributed by atoms with Crippen LogP contribution in [0.4, 0.5) is 5.13 Å². The van der Waals surface area contributed by atoms with Crippen LogP contribution in [0.5, 0.6) is 0 Å². The number of thiazole rings is 1. The molecule has 3 rings (SSSR count). The Morgan fingerprint density at radius 2 is 2.39 bits per heavy atom. The molecule has 0 aliphatic carbocycles. The highest BCUT2D eigenvalue weighted by Crippen LogP contribution is 2.29. The fourth-order valence-electron chi connectivity index (χ4n) is 2.07. The number of likely N-dealkylation sites (N-methyl/N-ethyl adjacent to an activating group) is 1. The number of carbonyl (C=O) groups is 1. The van der Waals surface area contributed by atoms with Crippen LogP contribution in [0.25, 0.3) is 10.2 Å². The summed E-state index contributed by atoms with van der Waals surface area (Å²) < 4.78 is 2.14. The summed E-state index contributed by atoms with van der Waals surface area (Å²) in [6.07, 6.45) is 0.842. The number of halogens is 1. The Morgan fingerprint density at radius 1 is 1.56 bits per heavy atom. The molecule has 1 atom stereocenters. The van der Waals surface area contributed by atoms with Gasteiger partial charge in [-0.25, -0.2) is 4.98 Å². The molecule has 1 fully saturated rings. The topological polar surface area (TPSA) is 45.2 Å². The van der Waals surface area contributed by atoms with Crippen LogP contribution in [0.2, 0.25) is 0 Å². The molecule has 0 spiro atoms. The van der Waals surface area contributed by atoms with Gasteiger partial charge in [-0.3, -0.25) is 4.79 Å². The predicted octanol–water partition coefficient (Wildman–Crippen LogP) is 2.70. The standard InChI is InChI=1S/C12H12BrN3OS/c1-16-5-4-8(11(16)17)14-12-15-9-6-7(13)2-3-10(9)18-12/h2-3,6,8H,4-5H2,1H3,(H,14,15). The van der Waals surface area contributed by atoms with E-state index in [-0.39, 0.29) is 11.9 Å². The number of likely N-dealkylation sites (tertiary alicyclic amines) is 1. The molecule has 1 unspecified atom stereocenters. The van der Waals surface area contributed by atoms with E-state index in [0.29, 0.717) is 0 Å². The number of aromatic nitrogens is 1. The van der Waals surface area contributed by atoms with Crippen molar-refractivity contribution in [2.24, 2.45) is 0 Å². The van der Waals surface area contributed by atoms with Crippen LogP contribution < -0.4 is 5.32 Å². The van der Waals surface area contributed by atoms with E-state index in [1.165, 1.54) is 0 Å². The molecule has 0 bridgehead atoms. The summed E-state index contributed by atoms with van der Waals surface area (Å²) in [6, 6.07) is 5.89. The Morgan fingerprint density at radius 3 is 3.11 bits per heavy atom. The molecule has 1 aromatic carbocycles. The number of hydrogen-bond acceptors (Lipinski definition) is 4. The summed E-state index contributed by atoms with van der Waals surface area (Å²) >= 11 is 5.01. The average molecular weight is 326 g/mol. The minimum Gasteiger partial charge on any atom is -0.350 e. The number of amides is 1. The van der Waals surface area contributed by atoms with E-state index in [1.54, 1.807) is 16.2 Å². The maximum absolute atomic E-state index is 11.8. The minimum atomic E-state index is -0.126. The highest BCUT2D eigenvalue weighted by atomic mass is 79.9. The van der Waals surface area contributed by atoms with Gasteiger partial charge in [-0.05, 0) is 24.6 Å². The lowest BCUT2D eigenvalue weighted by Crippen LogP contribution is -2.30. The van der Waals surface area contributed by atoms with E-state index in [4.69, 9.17) is 0 Å². The zero-order valence-corrected chi connectivity index (χ0v) is 12.2. The van der Waals surface area contributed by atoms with E-state index in [0.717, 1.165) is 32.8 Å². The number of hydrogen-bond donors (Lipinski definition) is 1. The third-order valence-corrected chi connectivity index (χ3v) is 4.54. The van der Waals surface area contributed by atoms with E-state index in [2.05, 4.69) is 26.2 Å². The first-order valence-electron chi connectivity index (χ1n) is 5.71. The number of anilines is 1. The van der Waals surface area contributed by atoms with Crippen molar-refractivity contribution in [3.8, 4) is 0 Å². The second-order valence-electron chi connectivity index (χ2n) is 4.38. The molecule has 1 aliphatic rings. The van der Waals surface area contributed by atoms with Gasteiger partial charge in [0.1, 0.15) is 6.04 Å². The molecule has 1 saturated heterocycles. The van der Waals surface area contributed by atoms with Gasteiger partial charge in [0.2, 0.25) is 5.91 Å². The molecule has 1 aromatic heterocycles. The van der Waals surface area contributed by atoms with Crippen molar-refractivity contribution in [3.63, 3.8) is 0 Å². The highest BCUT2D eigenvalue weighted by molar-refractivity contribution is 9.10. The average Bonchev–Trinajstić information content (AvgIpc) is 2.86. The summed E-state index contributed by atoms with van der Waals surface area (Å²) in [6.45, 7) is 0.812. The summed E-state index contributed by atoms with van der Waals surface area (Å²) in [5, 5.41) is 4.05. The summed E-state index contributed by atoms with van der Waals surface area (Å²) in [4.78, 5) is 18.1. The Bertz CT molecular complexity index is 612. The number of rotatable bonds is 2. The fourth-order valence-corrected chi connectivity index (χ4v) is 3.32. The van der Waals surface area contributed by atoms with Gasteiger partial charge < -0.3 is 10.2 Å². The zero-order chi connectivity index (χ0) is 12.7. The molecule has 0 radical (unpaired) electrons. The molecule has 6 heteroatoms. The van der Waals surface area contributed by atoms with Crippen molar-refractivity contribution in [2.45, 2.75) is 12.5 Å². The number of carbonyl (C=O) groups excluding carboxylic acids is 1. The minimum absolute atomic E-state index is 0.126. The molecule has 2 aromatic rings. The first-order valence-corrected chi connectivity index (χ1v) is 7.32. The van der Waals surface area contributed by atoms with E-state index >= 15 is 0 Å². The second-order valence-corrected chi connectivity index (χ2v) is 6.32. The van der Waals surface area contributed by atoms with Gasteiger partial charge in [-0.2, -0.15) is 0 Å². The van der Waals surface area contributed by atoms with Crippen molar-refractivity contribution in [1.29, 1.82) is 0 Å². The molecule has 1 aliphatic heterocycles. The van der Waals surface area contributed by atoms with Gasteiger partial charge in [0.05, 0.1) is 10.2 Å². The van der Waals surface area contributed by atoms with Gasteiger partial charge in [-0.1, -0.05) is 27.3 Å². The second kappa shape index (κ2) is 4.51. The van der Waals surface area contributed by atoms with Crippen molar-refractivity contribution in [3.05, 3.63) is 22.7 Å². The van der Waals surface area contributed by atoms with E-state index in [9.17, 15) is 4.79 Å². The Hall–Kier alpha value is -1.14. The van der Waals surface area contributed by atoms with E-state index in [1.807, 2.05) is 25.2 Å². The molecular weight excluding hydrogens is 314 g/mol. The maximum Gasteiger partial charge on any atom is 0.244 e. The lowest BCUT2D eigenvalue weighted by Gasteiger charge is -2.10.